The van der Waals surface area contributed by atoms with Crippen molar-refractivity contribution in [3.63, 3.8) is 0 Å². The van der Waals surface area contributed by atoms with Crippen molar-refractivity contribution in [2.45, 2.75) is 58.5 Å². The van der Waals surface area contributed by atoms with Gasteiger partial charge in [-0.2, -0.15) is 10.3 Å². The van der Waals surface area contributed by atoms with Crippen LogP contribution in [0.4, 0.5) is 23.7 Å². The summed E-state index contributed by atoms with van der Waals surface area (Å²) in [7, 11) is 0. The summed E-state index contributed by atoms with van der Waals surface area (Å²) in [6.45, 7) is 6.32. The molecule has 4 aromatic rings. The predicted octanol–water partition coefficient (Wildman–Crippen LogP) is 7.76. The lowest BCUT2D eigenvalue weighted by atomic mass is 10.0. The number of carbonyl (C=O) groups excluding carboxylic acids is 1. The first-order valence-electron chi connectivity index (χ1n) is 14.7. The molecule has 1 fully saturated rings. The number of ether oxygens (including phenoxy) is 1. The lowest BCUT2D eigenvalue weighted by Gasteiger charge is -2.37. The molecule has 1 aliphatic rings. The number of amidine groups is 1. The van der Waals surface area contributed by atoms with Gasteiger partial charge in [0.25, 0.3) is 0 Å². The highest BCUT2D eigenvalue weighted by molar-refractivity contribution is 8.14. The summed E-state index contributed by atoms with van der Waals surface area (Å²) in [4.78, 5) is 24.0. The number of aliphatic imine (C=N–C) groups is 1. The number of anilines is 1. The van der Waals surface area contributed by atoms with E-state index in [4.69, 9.17) is 0 Å². The van der Waals surface area contributed by atoms with Crippen LogP contribution in [0, 0.1) is 18.3 Å². The normalized spacial score (nSPS) is 16.6. The summed E-state index contributed by atoms with van der Waals surface area (Å²) < 4.78 is 42.7. The number of thioether (sulfide) groups is 1. The maximum atomic E-state index is 13.2. The molecular weight excluding hydrogens is 615 g/mol. The number of hydrogen-bond acceptors (Lipinski definition) is 6. The Morgan fingerprint density at radius 3 is 2.59 bits per heavy atom. The number of aryl methyl sites for hydroxylation is 2. The largest absolute Gasteiger partial charge is 0.573 e. The number of benzene rings is 3. The quantitative estimate of drug-likeness (QED) is 0.208. The van der Waals surface area contributed by atoms with E-state index in [1.165, 1.54) is 52.6 Å². The van der Waals surface area contributed by atoms with Crippen molar-refractivity contribution in [3.8, 4) is 28.9 Å². The van der Waals surface area contributed by atoms with Crippen LogP contribution < -0.4 is 15.0 Å². The Morgan fingerprint density at radius 2 is 1.91 bits per heavy atom. The van der Waals surface area contributed by atoms with E-state index >= 15 is 0 Å². The Morgan fingerprint density at radius 1 is 1.17 bits per heavy atom. The molecule has 2 heterocycles. The molecule has 0 bridgehead atoms. The van der Waals surface area contributed by atoms with E-state index in [2.05, 4.69) is 68.1 Å². The molecule has 1 aromatic heterocycles. The molecule has 9 nitrogen and oxygen atoms in total. The predicted molar refractivity (Wildman–Crippen MR) is 172 cm³/mol. The Balaban J connectivity index is 1.29. The molecule has 46 heavy (non-hydrogen) atoms. The van der Waals surface area contributed by atoms with Crippen LogP contribution in [0.5, 0.6) is 5.75 Å². The smallest absolute Gasteiger partial charge is 0.406 e. The number of amides is 2. The number of rotatable bonds is 8. The first-order valence-corrected chi connectivity index (χ1v) is 15.7. The highest BCUT2D eigenvalue weighted by atomic mass is 32.2. The minimum Gasteiger partial charge on any atom is -0.406 e. The highest BCUT2D eigenvalue weighted by Crippen LogP contribution is 2.33. The fourth-order valence-electron chi connectivity index (χ4n) is 5.09. The third-order valence-electron chi connectivity index (χ3n) is 7.36. The molecule has 0 aliphatic carbocycles. The molecule has 0 radical (unpaired) electrons. The van der Waals surface area contributed by atoms with Gasteiger partial charge in [-0.05, 0) is 73.7 Å². The molecule has 2 atom stereocenters. The van der Waals surface area contributed by atoms with E-state index in [0.29, 0.717) is 27.8 Å². The van der Waals surface area contributed by atoms with Gasteiger partial charge >= 0.3 is 12.4 Å². The van der Waals surface area contributed by atoms with Gasteiger partial charge in [-0.25, -0.2) is 14.5 Å². The number of nitrogens with zero attached hydrogens (tertiary/aromatic N) is 6. The standard InChI is InChI=1S/C33H32F3N7O2S/c1-4-5-24-7-6-21(2)18-29(24)43-22(3)16-17-46-32(43)40-31(44)39-28(19-37)23-8-10-25(11-9-23)30-38-20-42(41-30)26-12-14-27(15-13-26)45-33(34,35)36/h6-15,18,20,22,28H,4-5,16-17H2,1-3H3,(H,39,44). The third-order valence-corrected chi connectivity index (χ3v) is 8.34. The number of hydrogen-bond donors (Lipinski definition) is 1. The maximum Gasteiger partial charge on any atom is 0.573 e. The summed E-state index contributed by atoms with van der Waals surface area (Å²) >= 11 is 1.53. The number of nitrogens with one attached hydrogen (secondary N) is 1. The summed E-state index contributed by atoms with van der Waals surface area (Å²) in [6.07, 6.45) is -0.469. The van der Waals surface area contributed by atoms with Crippen LogP contribution >= 0.6 is 11.8 Å². The van der Waals surface area contributed by atoms with Gasteiger partial charge < -0.3 is 15.0 Å². The Hall–Kier alpha value is -4.83. The van der Waals surface area contributed by atoms with E-state index in [1.807, 2.05) is 6.92 Å². The molecule has 1 N–H and O–H groups in total. The fourth-order valence-corrected chi connectivity index (χ4v) is 6.30. The molecule has 1 aliphatic heterocycles. The maximum absolute atomic E-state index is 13.2. The van der Waals surface area contributed by atoms with Gasteiger partial charge in [0.1, 0.15) is 18.1 Å². The second-order valence-electron chi connectivity index (χ2n) is 10.8. The van der Waals surface area contributed by atoms with Crippen molar-refractivity contribution in [1.29, 1.82) is 5.26 Å². The van der Waals surface area contributed by atoms with E-state index in [1.54, 1.807) is 24.3 Å². The molecule has 2 unspecified atom stereocenters. The number of aromatic nitrogens is 3. The fraction of sp³-hybridized carbons (Fsp3) is 0.303. The Bertz CT molecular complexity index is 1750. The number of halogens is 3. The second-order valence-corrected chi connectivity index (χ2v) is 11.9. The molecular formula is C33H32F3N7O2S. The van der Waals surface area contributed by atoms with Crippen molar-refractivity contribution in [2.24, 2.45) is 4.99 Å². The second kappa shape index (κ2) is 14.1. The van der Waals surface area contributed by atoms with Gasteiger partial charge in [0.15, 0.2) is 11.0 Å². The van der Waals surface area contributed by atoms with Crippen molar-refractivity contribution in [3.05, 3.63) is 89.7 Å². The van der Waals surface area contributed by atoms with Gasteiger partial charge in [0, 0.05) is 23.0 Å². The minimum atomic E-state index is -4.77. The number of alkyl halides is 3. The summed E-state index contributed by atoms with van der Waals surface area (Å²) in [5.41, 5.74) is 5.09. The Labute approximate surface area is 269 Å². The lowest BCUT2D eigenvalue weighted by Crippen LogP contribution is -2.42. The molecule has 1 saturated heterocycles. The average molecular weight is 648 g/mol. The van der Waals surface area contributed by atoms with E-state index in [0.717, 1.165) is 36.3 Å². The zero-order valence-corrected chi connectivity index (χ0v) is 26.3. The molecule has 13 heteroatoms. The zero-order chi connectivity index (χ0) is 32.8. The number of urea groups is 1. The van der Waals surface area contributed by atoms with Crippen LogP contribution in [0.15, 0.2) is 78.0 Å². The van der Waals surface area contributed by atoms with Crippen LogP contribution in [-0.4, -0.2) is 44.1 Å². The van der Waals surface area contributed by atoms with Crippen LogP contribution in [0.3, 0.4) is 0 Å². The topological polar surface area (TPSA) is 108 Å². The van der Waals surface area contributed by atoms with Crippen LogP contribution in [-0.2, 0) is 6.42 Å². The number of nitriles is 1. The van der Waals surface area contributed by atoms with Crippen molar-refractivity contribution in [2.75, 3.05) is 10.7 Å². The average Bonchev–Trinajstić information content (AvgIpc) is 3.51. The summed E-state index contributed by atoms with van der Waals surface area (Å²) in [5, 5.41) is 17.6. The van der Waals surface area contributed by atoms with Gasteiger partial charge in [0.2, 0.25) is 0 Å². The molecule has 3 aromatic carbocycles. The summed E-state index contributed by atoms with van der Waals surface area (Å²) in [6, 6.07) is 19.2. The van der Waals surface area contributed by atoms with Crippen LogP contribution in [0.25, 0.3) is 17.1 Å². The van der Waals surface area contributed by atoms with Gasteiger partial charge in [-0.15, -0.1) is 18.3 Å². The first-order chi connectivity index (χ1) is 22.0. The minimum absolute atomic E-state index is 0.157. The highest BCUT2D eigenvalue weighted by Gasteiger charge is 2.31. The van der Waals surface area contributed by atoms with Crippen LogP contribution in [0.1, 0.15) is 49.4 Å². The van der Waals surface area contributed by atoms with E-state index < -0.39 is 18.4 Å². The molecule has 0 saturated carbocycles. The molecule has 5 rings (SSSR count). The molecule has 238 valence electrons. The van der Waals surface area contributed by atoms with Crippen molar-refractivity contribution >= 4 is 28.6 Å². The Kier molecular flexibility index (Phi) is 9.96. The van der Waals surface area contributed by atoms with Gasteiger partial charge in [-0.3, -0.25) is 0 Å². The van der Waals surface area contributed by atoms with E-state index in [9.17, 15) is 23.2 Å². The SMILES string of the molecule is CCCc1ccc(C)cc1N1C(=NC(=O)NC(C#N)c2ccc(-c3ncn(-c4ccc(OC(F)(F)F)cc4)n3)cc2)SCCC1C. The van der Waals surface area contributed by atoms with Crippen molar-refractivity contribution in [1.82, 2.24) is 20.1 Å². The third kappa shape index (κ3) is 7.87. The molecule has 2 amide bonds. The zero-order valence-electron chi connectivity index (χ0n) is 25.5. The van der Waals surface area contributed by atoms with Gasteiger partial charge in [-0.1, -0.05) is 61.5 Å². The lowest BCUT2D eigenvalue weighted by molar-refractivity contribution is -0.274. The molecule has 0 spiro atoms. The van der Waals surface area contributed by atoms with Crippen LogP contribution in [0.2, 0.25) is 0 Å². The van der Waals surface area contributed by atoms with Gasteiger partial charge in [0.05, 0.1) is 11.8 Å². The monoisotopic (exact) mass is 647 g/mol. The van der Waals surface area contributed by atoms with Crippen molar-refractivity contribution < 1.29 is 22.7 Å². The van der Waals surface area contributed by atoms with E-state index in [-0.39, 0.29) is 11.8 Å². The summed E-state index contributed by atoms with van der Waals surface area (Å²) in [5.74, 6) is 0.867. The number of carbonyl (C=O) groups is 1. The first kappa shape index (κ1) is 32.6.